The largest absolute Gasteiger partial charge is 0.377 e. The number of amides is 4. The molecule has 8 heteroatoms. The third-order valence-corrected chi connectivity index (χ3v) is 6.20. The van der Waals surface area contributed by atoms with Crippen LogP contribution in [0.15, 0.2) is 42.5 Å². The van der Waals surface area contributed by atoms with Crippen LogP contribution in [0.25, 0.3) is 0 Å². The molecule has 1 fully saturated rings. The molecule has 3 heterocycles. The lowest BCUT2D eigenvalue weighted by Crippen LogP contribution is -2.54. The molecular weight excluding hydrogens is 396 g/mol. The van der Waals surface area contributed by atoms with Crippen LogP contribution in [0.3, 0.4) is 0 Å². The normalized spacial score (nSPS) is 23.9. The molecule has 31 heavy (non-hydrogen) atoms. The van der Waals surface area contributed by atoms with Crippen molar-refractivity contribution < 1.29 is 19.2 Å². The molecule has 158 valence electrons. The lowest BCUT2D eigenvalue weighted by molar-refractivity contribution is -0.136. The van der Waals surface area contributed by atoms with Crippen molar-refractivity contribution in [3.8, 4) is 0 Å². The fourth-order valence-corrected chi connectivity index (χ4v) is 4.66. The number of hydrogen-bond acceptors (Lipinski definition) is 6. The van der Waals surface area contributed by atoms with Crippen molar-refractivity contribution in [2.24, 2.45) is 0 Å². The highest BCUT2D eigenvalue weighted by Gasteiger charge is 2.45. The maximum absolute atomic E-state index is 13.0. The van der Waals surface area contributed by atoms with Gasteiger partial charge >= 0.3 is 0 Å². The van der Waals surface area contributed by atoms with Gasteiger partial charge in [0, 0.05) is 17.8 Å². The zero-order valence-corrected chi connectivity index (χ0v) is 17.2. The van der Waals surface area contributed by atoms with E-state index in [1.807, 2.05) is 18.2 Å². The second kappa shape index (κ2) is 6.66. The van der Waals surface area contributed by atoms with E-state index < -0.39 is 29.7 Å². The number of piperidine rings is 1. The van der Waals surface area contributed by atoms with E-state index in [2.05, 4.69) is 35.9 Å². The number of carbonyl (C=O) groups excluding carboxylic acids is 4. The number of fused-ring (bicyclic) bond motifs is 2. The maximum Gasteiger partial charge on any atom is 0.262 e. The van der Waals surface area contributed by atoms with E-state index >= 15 is 0 Å². The van der Waals surface area contributed by atoms with Crippen LogP contribution in [0.4, 0.5) is 11.4 Å². The molecule has 8 nitrogen and oxygen atoms in total. The van der Waals surface area contributed by atoms with Crippen LogP contribution in [0.2, 0.25) is 0 Å². The summed E-state index contributed by atoms with van der Waals surface area (Å²) in [6.45, 7) is 4.19. The first-order valence-electron chi connectivity index (χ1n) is 10.3. The summed E-state index contributed by atoms with van der Waals surface area (Å²) in [5.41, 5.74) is 3.16. The van der Waals surface area contributed by atoms with Crippen molar-refractivity contribution in [2.75, 3.05) is 10.6 Å². The first kappa shape index (κ1) is 19.3. The Labute approximate surface area is 179 Å². The minimum atomic E-state index is -0.966. The Hall–Kier alpha value is -3.68. The molecule has 3 aliphatic heterocycles. The summed E-state index contributed by atoms with van der Waals surface area (Å²) in [6.07, 6.45) is 0.236. The van der Waals surface area contributed by atoms with Crippen LogP contribution in [-0.4, -0.2) is 40.1 Å². The Balaban J connectivity index is 1.44. The Kier molecular flexibility index (Phi) is 4.15. The van der Waals surface area contributed by atoms with Crippen LogP contribution in [0, 0.1) is 0 Å². The topological polar surface area (TPSA) is 108 Å². The lowest BCUT2D eigenvalue weighted by Gasteiger charge is -2.29. The molecule has 2 unspecified atom stereocenters. The smallest absolute Gasteiger partial charge is 0.262 e. The molecule has 1 saturated heterocycles. The number of para-hydroxylation sites is 1. The fraction of sp³-hybridized carbons (Fsp3) is 0.304. The number of nitrogens with zero attached hydrogens (tertiary/aromatic N) is 1. The standard InChI is InChI=1S/C23H22N4O4/c1-23(2)19(14-5-3-4-6-16(14)26-23)24-12-7-8-13-15(11-12)22(31)27(21(13)30)17-9-10-18(28)25-20(17)29/h3-8,11,17,19,24,26H,9-10H2,1-2H3,(H,25,28,29). The lowest BCUT2D eigenvalue weighted by atomic mass is 9.93. The molecule has 0 aromatic heterocycles. The molecule has 3 N–H and O–H groups in total. The third kappa shape index (κ3) is 2.98. The summed E-state index contributed by atoms with van der Waals surface area (Å²) < 4.78 is 0. The molecule has 3 aliphatic rings. The highest BCUT2D eigenvalue weighted by molar-refractivity contribution is 6.23. The zero-order valence-electron chi connectivity index (χ0n) is 17.2. The van der Waals surface area contributed by atoms with E-state index in [0.29, 0.717) is 5.69 Å². The molecular formula is C23H22N4O4. The fourth-order valence-electron chi connectivity index (χ4n) is 4.66. The highest BCUT2D eigenvalue weighted by Crippen LogP contribution is 2.43. The van der Waals surface area contributed by atoms with Crippen LogP contribution in [0.5, 0.6) is 0 Å². The summed E-state index contributed by atoms with van der Waals surface area (Å²) >= 11 is 0. The van der Waals surface area contributed by atoms with Gasteiger partial charge in [-0.15, -0.1) is 0 Å². The van der Waals surface area contributed by atoms with Gasteiger partial charge < -0.3 is 10.6 Å². The number of anilines is 2. The quantitative estimate of drug-likeness (QED) is 0.661. The molecule has 4 amide bonds. The van der Waals surface area contributed by atoms with Gasteiger partial charge in [0.05, 0.1) is 22.7 Å². The minimum absolute atomic E-state index is 0.0415. The molecule has 2 aromatic rings. The third-order valence-electron chi connectivity index (χ3n) is 6.20. The number of benzene rings is 2. The van der Waals surface area contributed by atoms with E-state index in [1.54, 1.807) is 18.2 Å². The summed E-state index contributed by atoms with van der Waals surface area (Å²) in [4.78, 5) is 50.5. The second-order valence-electron chi connectivity index (χ2n) is 8.72. The van der Waals surface area contributed by atoms with Crippen molar-refractivity contribution in [1.82, 2.24) is 10.2 Å². The van der Waals surface area contributed by atoms with Gasteiger partial charge in [-0.3, -0.25) is 29.4 Å². The Bertz CT molecular complexity index is 1160. The van der Waals surface area contributed by atoms with Crippen molar-refractivity contribution >= 4 is 35.0 Å². The van der Waals surface area contributed by atoms with Crippen molar-refractivity contribution in [3.05, 3.63) is 59.2 Å². The minimum Gasteiger partial charge on any atom is -0.377 e. The summed E-state index contributed by atoms with van der Waals surface area (Å²) in [5, 5.41) is 9.21. The van der Waals surface area contributed by atoms with Crippen molar-refractivity contribution in [2.45, 2.75) is 44.3 Å². The predicted octanol–water partition coefficient (Wildman–Crippen LogP) is 2.45. The predicted molar refractivity (Wildman–Crippen MR) is 114 cm³/mol. The van der Waals surface area contributed by atoms with E-state index in [4.69, 9.17) is 0 Å². The Morgan fingerprint density at radius 1 is 1.00 bits per heavy atom. The number of carbonyl (C=O) groups is 4. The van der Waals surface area contributed by atoms with Gasteiger partial charge in [0.15, 0.2) is 0 Å². The zero-order chi connectivity index (χ0) is 21.9. The van der Waals surface area contributed by atoms with Gasteiger partial charge in [-0.05, 0) is 50.1 Å². The van der Waals surface area contributed by atoms with Gasteiger partial charge in [0.1, 0.15) is 6.04 Å². The summed E-state index contributed by atoms with van der Waals surface area (Å²) in [5.74, 6) is -2.02. The molecule has 5 rings (SSSR count). The van der Waals surface area contributed by atoms with Crippen LogP contribution < -0.4 is 16.0 Å². The first-order chi connectivity index (χ1) is 14.8. The van der Waals surface area contributed by atoms with Gasteiger partial charge in [0.25, 0.3) is 11.8 Å². The van der Waals surface area contributed by atoms with Crippen LogP contribution in [0.1, 0.15) is 59.0 Å². The number of rotatable bonds is 3. The summed E-state index contributed by atoms with van der Waals surface area (Å²) in [7, 11) is 0. The van der Waals surface area contributed by atoms with Gasteiger partial charge in [-0.2, -0.15) is 0 Å². The molecule has 0 bridgehead atoms. The monoisotopic (exact) mass is 418 g/mol. The molecule has 2 aromatic carbocycles. The number of nitrogens with one attached hydrogen (secondary N) is 3. The maximum atomic E-state index is 13.0. The molecule has 0 saturated carbocycles. The van der Waals surface area contributed by atoms with Gasteiger partial charge in [-0.25, -0.2) is 0 Å². The highest BCUT2D eigenvalue weighted by atomic mass is 16.2. The van der Waals surface area contributed by atoms with E-state index in [0.717, 1.165) is 16.2 Å². The Morgan fingerprint density at radius 2 is 1.74 bits per heavy atom. The van der Waals surface area contributed by atoms with Crippen molar-refractivity contribution in [1.29, 1.82) is 0 Å². The van der Waals surface area contributed by atoms with Gasteiger partial charge in [-0.1, -0.05) is 18.2 Å². The first-order valence-corrected chi connectivity index (χ1v) is 10.3. The van der Waals surface area contributed by atoms with Crippen molar-refractivity contribution in [3.63, 3.8) is 0 Å². The molecule has 0 radical (unpaired) electrons. The van der Waals surface area contributed by atoms with E-state index in [-0.39, 0.29) is 35.5 Å². The van der Waals surface area contributed by atoms with Crippen LogP contribution >= 0.6 is 0 Å². The SMILES string of the molecule is CC1(C)Nc2ccccc2C1Nc1ccc2c(c1)C(=O)N(C1CCC(=O)NC1=O)C2=O. The number of hydrogen-bond donors (Lipinski definition) is 3. The average Bonchev–Trinajstić information content (AvgIpc) is 3.12. The van der Waals surface area contributed by atoms with Gasteiger partial charge in [0.2, 0.25) is 11.8 Å². The Morgan fingerprint density at radius 3 is 2.52 bits per heavy atom. The second-order valence-corrected chi connectivity index (χ2v) is 8.72. The van der Waals surface area contributed by atoms with Crippen LogP contribution in [-0.2, 0) is 9.59 Å². The number of imide groups is 2. The average molecular weight is 418 g/mol. The summed E-state index contributed by atoms with van der Waals surface area (Å²) in [6, 6.07) is 12.1. The van der Waals surface area contributed by atoms with E-state index in [9.17, 15) is 19.2 Å². The van der Waals surface area contributed by atoms with E-state index in [1.165, 1.54) is 0 Å². The molecule has 0 aliphatic carbocycles. The molecule has 0 spiro atoms. The molecule has 2 atom stereocenters.